The molecule has 1 aliphatic heterocycles. The van der Waals surface area contributed by atoms with Crippen LogP contribution >= 0.6 is 0 Å². The maximum atomic E-state index is 12.9. The zero-order valence-corrected chi connectivity index (χ0v) is 15.4. The number of benzene rings is 2. The van der Waals surface area contributed by atoms with E-state index < -0.39 is 0 Å². The van der Waals surface area contributed by atoms with Crippen molar-refractivity contribution >= 4 is 5.91 Å². The van der Waals surface area contributed by atoms with Crippen LogP contribution in [0, 0.1) is 6.92 Å². The van der Waals surface area contributed by atoms with E-state index in [1.165, 1.54) is 5.56 Å². The van der Waals surface area contributed by atoms with Crippen LogP contribution in [0.2, 0.25) is 0 Å². The highest BCUT2D eigenvalue weighted by atomic mass is 16.5. The lowest BCUT2D eigenvalue weighted by Gasteiger charge is -2.22. The van der Waals surface area contributed by atoms with Crippen LogP contribution in [-0.2, 0) is 0 Å². The molecule has 2 heterocycles. The van der Waals surface area contributed by atoms with Gasteiger partial charge in [0.05, 0.1) is 7.11 Å². The quantitative estimate of drug-likeness (QED) is 0.700. The van der Waals surface area contributed by atoms with Gasteiger partial charge in [-0.15, -0.1) is 0 Å². The highest BCUT2D eigenvalue weighted by Gasteiger charge is 2.34. The summed E-state index contributed by atoms with van der Waals surface area (Å²) in [5.74, 6) is 1.73. The van der Waals surface area contributed by atoms with Crippen molar-refractivity contribution in [2.24, 2.45) is 0 Å². The zero-order chi connectivity index (χ0) is 18.8. The summed E-state index contributed by atoms with van der Waals surface area (Å²) in [4.78, 5) is 19.3. The number of carbonyl (C=O) groups excluding carboxylic acids is 1. The SMILES string of the molecule is COc1ccc(C(=O)N2CCCC2c2nc(-c3ccc(C)cc3)no2)cc1. The number of likely N-dealkylation sites (tertiary alicyclic amines) is 1. The molecule has 0 spiro atoms. The summed E-state index contributed by atoms with van der Waals surface area (Å²) in [5.41, 5.74) is 2.71. The van der Waals surface area contributed by atoms with E-state index in [0.29, 0.717) is 23.8 Å². The van der Waals surface area contributed by atoms with Gasteiger partial charge in [-0.1, -0.05) is 35.0 Å². The van der Waals surface area contributed by atoms with Gasteiger partial charge in [-0.25, -0.2) is 0 Å². The molecule has 1 fully saturated rings. The number of ether oxygens (including phenoxy) is 1. The Hall–Kier alpha value is -3.15. The minimum Gasteiger partial charge on any atom is -0.497 e. The highest BCUT2D eigenvalue weighted by molar-refractivity contribution is 5.94. The van der Waals surface area contributed by atoms with Crippen LogP contribution < -0.4 is 4.74 Å². The van der Waals surface area contributed by atoms with E-state index in [-0.39, 0.29) is 11.9 Å². The molecule has 1 amide bonds. The third-order valence-electron chi connectivity index (χ3n) is 4.89. The van der Waals surface area contributed by atoms with E-state index in [1.807, 2.05) is 36.1 Å². The van der Waals surface area contributed by atoms with Crippen molar-refractivity contribution in [2.45, 2.75) is 25.8 Å². The van der Waals surface area contributed by atoms with Crippen LogP contribution in [-0.4, -0.2) is 34.6 Å². The van der Waals surface area contributed by atoms with Crippen LogP contribution in [0.4, 0.5) is 0 Å². The van der Waals surface area contributed by atoms with Crippen molar-refractivity contribution in [3.05, 3.63) is 65.5 Å². The first-order valence-electron chi connectivity index (χ1n) is 9.01. The van der Waals surface area contributed by atoms with Crippen molar-refractivity contribution in [3.8, 4) is 17.1 Å². The van der Waals surface area contributed by atoms with Gasteiger partial charge in [0, 0.05) is 17.7 Å². The lowest BCUT2D eigenvalue weighted by atomic mass is 10.1. The molecular formula is C21H21N3O3. The molecule has 138 valence electrons. The van der Waals surface area contributed by atoms with E-state index in [4.69, 9.17) is 9.26 Å². The first-order chi connectivity index (χ1) is 13.2. The van der Waals surface area contributed by atoms with Gasteiger partial charge in [0.25, 0.3) is 5.91 Å². The van der Waals surface area contributed by atoms with Gasteiger partial charge in [0.2, 0.25) is 11.7 Å². The molecular weight excluding hydrogens is 342 g/mol. The fraction of sp³-hybridized carbons (Fsp3) is 0.286. The largest absolute Gasteiger partial charge is 0.497 e. The molecule has 6 heteroatoms. The lowest BCUT2D eigenvalue weighted by Crippen LogP contribution is -2.30. The van der Waals surface area contributed by atoms with Gasteiger partial charge in [-0.3, -0.25) is 4.79 Å². The Morgan fingerprint density at radius 1 is 1.15 bits per heavy atom. The number of amides is 1. The number of hydrogen-bond donors (Lipinski definition) is 0. The van der Waals surface area contributed by atoms with Gasteiger partial charge in [-0.05, 0) is 44.0 Å². The second kappa shape index (κ2) is 7.23. The molecule has 3 aromatic rings. The van der Waals surface area contributed by atoms with Crippen molar-refractivity contribution in [1.29, 1.82) is 0 Å². The van der Waals surface area contributed by atoms with Crippen LogP contribution in [0.5, 0.6) is 5.75 Å². The second-order valence-corrected chi connectivity index (χ2v) is 6.71. The molecule has 0 radical (unpaired) electrons. The second-order valence-electron chi connectivity index (χ2n) is 6.71. The fourth-order valence-corrected chi connectivity index (χ4v) is 3.36. The Bertz CT molecular complexity index is 932. The number of hydrogen-bond acceptors (Lipinski definition) is 5. The average molecular weight is 363 g/mol. The zero-order valence-electron chi connectivity index (χ0n) is 15.4. The molecule has 0 saturated carbocycles. The Balaban J connectivity index is 1.56. The predicted molar refractivity (Wildman–Crippen MR) is 100 cm³/mol. The molecule has 1 unspecified atom stereocenters. The third-order valence-corrected chi connectivity index (χ3v) is 4.89. The molecule has 6 nitrogen and oxygen atoms in total. The lowest BCUT2D eigenvalue weighted by molar-refractivity contribution is 0.0710. The Labute approximate surface area is 157 Å². The molecule has 27 heavy (non-hydrogen) atoms. The fourth-order valence-electron chi connectivity index (χ4n) is 3.36. The maximum Gasteiger partial charge on any atom is 0.254 e. The molecule has 1 aromatic heterocycles. The standard InChI is InChI=1S/C21H21N3O3/c1-14-5-7-15(8-6-14)19-22-20(27-23-19)18-4-3-13-24(18)21(25)16-9-11-17(26-2)12-10-16/h5-12,18H,3-4,13H2,1-2H3. The van der Waals surface area contributed by atoms with E-state index in [2.05, 4.69) is 10.1 Å². The van der Waals surface area contributed by atoms with Crippen molar-refractivity contribution in [2.75, 3.05) is 13.7 Å². The highest BCUT2D eigenvalue weighted by Crippen LogP contribution is 2.33. The molecule has 0 bridgehead atoms. The van der Waals surface area contributed by atoms with Crippen molar-refractivity contribution in [1.82, 2.24) is 15.0 Å². The molecule has 4 rings (SSSR count). The van der Waals surface area contributed by atoms with Gasteiger partial charge in [0.15, 0.2) is 0 Å². The smallest absolute Gasteiger partial charge is 0.254 e. The molecule has 1 aliphatic rings. The number of nitrogens with zero attached hydrogens (tertiary/aromatic N) is 3. The normalized spacial score (nSPS) is 16.5. The van der Waals surface area contributed by atoms with Crippen LogP contribution in [0.25, 0.3) is 11.4 Å². The Morgan fingerprint density at radius 3 is 2.59 bits per heavy atom. The maximum absolute atomic E-state index is 12.9. The van der Waals surface area contributed by atoms with E-state index >= 15 is 0 Å². The summed E-state index contributed by atoms with van der Waals surface area (Å²) in [6.45, 7) is 2.71. The van der Waals surface area contributed by atoms with Crippen LogP contribution in [0.1, 0.15) is 40.7 Å². The van der Waals surface area contributed by atoms with E-state index in [9.17, 15) is 4.79 Å². The molecule has 1 atom stereocenters. The van der Waals surface area contributed by atoms with Gasteiger partial charge >= 0.3 is 0 Å². The minimum atomic E-state index is -0.189. The number of methoxy groups -OCH3 is 1. The Kier molecular flexibility index (Phi) is 4.62. The van der Waals surface area contributed by atoms with Gasteiger partial charge in [0.1, 0.15) is 11.8 Å². The monoisotopic (exact) mass is 363 g/mol. The van der Waals surface area contributed by atoms with Crippen molar-refractivity contribution < 1.29 is 14.1 Å². The summed E-state index contributed by atoms with van der Waals surface area (Å²) in [6, 6.07) is 14.9. The average Bonchev–Trinajstić information content (AvgIpc) is 3.37. The van der Waals surface area contributed by atoms with E-state index in [0.717, 1.165) is 24.2 Å². The summed E-state index contributed by atoms with van der Waals surface area (Å²) >= 11 is 0. The van der Waals surface area contributed by atoms with Gasteiger partial charge < -0.3 is 14.2 Å². The number of rotatable bonds is 4. The van der Waals surface area contributed by atoms with E-state index in [1.54, 1.807) is 31.4 Å². The molecule has 0 N–H and O–H groups in total. The number of aromatic nitrogens is 2. The van der Waals surface area contributed by atoms with Gasteiger partial charge in [-0.2, -0.15) is 4.98 Å². The summed E-state index contributed by atoms with van der Waals surface area (Å²) in [5, 5.41) is 4.11. The topological polar surface area (TPSA) is 68.5 Å². The minimum absolute atomic E-state index is 0.0322. The first kappa shape index (κ1) is 17.3. The predicted octanol–water partition coefficient (Wildman–Crippen LogP) is 4.03. The van der Waals surface area contributed by atoms with Crippen molar-refractivity contribution in [3.63, 3.8) is 0 Å². The summed E-state index contributed by atoms with van der Waals surface area (Å²) < 4.78 is 10.7. The summed E-state index contributed by atoms with van der Waals surface area (Å²) in [7, 11) is 1.61. The number of aryl methyl sites for hydroxylation is 1. The van der Waals surface area contributed by atoms with Crippen LogP contribution in [0.15, 0.2) is 53.1 Å². The van der Waals surface area contributed by atoms with Crippen LogP contribution in [0.3, 0.4) is 0 Å². The third kappa shape index (κ3) is 3.43. The number of carbonyl (C=O) groups is 1. The molecule has 2 aromatic carbocycles. The molecule has 0 aliphatic carbocycles. The first-order valence-corrected chi connectivity index (χ1v) is 9.01. The molecule has 1 saturated heterocycles. The Morgan fingerprint density at radius 2 is 1.89 bits per heavy atom. The summed E-state index contributed by atoms with van der Waals surface area (Å²) in [6.07, 6.45) is 1.73.